The number of nitrogens with zero attached hydrogens (tertiary/aromatic N) is 1. The van der Waals surface area contributed by atoms with Crippen LogP contribution in [-0.4, -0.2) is 35.7 Å². The molecule has 0 heterocycles. The predicted octanol–water partition coefficient (Wildman–Crippen LogP) is 2.66. The molecule has 0 radical (unpaired) electrons. The van der Waals surface area contributed by atoms with Crippen molar-refractivity contribution in [2.75, 3.05) is 13.6 Å². The van der Waals surface area contributed by atoms with Gasteiger partial charge < -0.3 is 10.0 Å². The first-order valence-corrected chi connectivity index (χ1v) is 6.51. The number of hydrogen-bond acceptors (Lipinski definition) is 2. The molecule has 0 spiro atoms. The van der Waals surface area contributed by atoms with Gasteiger partial charge in [0, 0.05) is 12.6 Å². The quantitative estimate of drug-likeness (QED) is 0.759. The summed E-state index contributed by atoms with van der Waals surface area (Å²) in [5.74, 6) is 0.912. The Bertz CT molecular complexity index is 164. The zero-order valence-corrected chi connectivity index (χ0v) is 10.6. The third-order valence-electron chi connectivity index (χ3n) is 3.73. The van der Waals surface area contributed by atoms with Crippen LogP contribution in [0, 0.1) is 5.92 Å². The Kier molecular flexibility index (Phi) is 5.62. The smallest absolute Gasteiger partial charge is 0.0667 e. The summed E-state index contributed by atoms with van der Waals surface area (Å²) in [5.41, 5.74) is 0. The fourth-order valence-corrected chi connectivity index (χ4v) is 2.59. The van der Waals surface area contributed by atoms with Crippen molar-refractivity contribution in [2.24, 2.45) is 5.92 Å². The molecule has 2 heteroatoms. The van der Waals surface area contributed by atoms with Crippen molar-refractivity contribution in [3.63, 3.8) is 0 Å². The highest BCUT2D eigenvalue weighted by molar-refractivity contribution is 4.77. The van der Waals surface area contributed by atoms with Gasteiger partial charge in [0.2, 0.25) is 0 Å². The highest BCUT2D eigenvalue weighted by atomic mass is 16.3. The summed E-state index contributed by atoms with van der Waals surface area (Å²) in [6, 6.07) is 0.715. The maximum Gasteiger partial charge on any atom is 0.0667 e. The molecule has 1 saturated carbocycles. The highest BCUT2D eigenvalue weighted by Crippen LogP contribution is 2.26. The fraction of sp³-hybridized carbons (Fsp3) is 1.00. The molecule has 1 rings (SSSR count). The molecule has 1 N–H and O–H groups in total. The lowest BCUT2D eigenvalue weighted by Gasteiger charge is -2.34. The van der Waals surface area contributed by atoms with Crippen LogP contribution in [0.4, 0.5) is 0 Å². The molecule has 1 aliphatic rings. The van der Waals surface area contributed by atoms with Crippen molar-refractivity contribution in [3.8, 4) is 0 Å². The van der Waals surface area contributed by atoms with Gasteiger partial charge >= 0.3 is 0 Å². The number of likely N-dealkylation sites (N-methyl/N-ethyl adjacent to an activating group) is 1. The SMILES string of the molecule is CCCC(O)CN(C)C1CCC(C)CC1. The molecule has 0 aromatic heterocycles. The van der Waals surface area contributed by atoms with Crippen LogP contribution in [0.25, 0.3) is 0 Å². The lowest BCUT2D eigenvalue weighted by molar-refractivity contribution is 0.0802. The summed E-state index contributed by atoms with van der Waals surface area (Å²) in [4.78, 5) is 2.37. The van der Waals surface area contributed by atoms with Crippen LogP contribution in [0.3, 0.4) is 0 Å². The van der Waals surface area contributed by atoms with Gasteiger partial charge in [0.05, 0.1) is 6.10 Å². The van der Waals surface area contributed by atoms with Crippen LogP contribution < -0.4 is 0 Å². The Hall–Kier alpha value is -0.0800. The molecule has 15 heavy (non-hydrogen) atoms. The summed E-state index contributed by atoms with van der Waals surface area (Å²) in [7, 11) is 2.17. The predicted molar refractivity (Wildman–Crippen MR) is 65.0 cm³/mol. The first-order chi connectivity index (χ1) is 7.13. The monoisotopic (exact) mass is 213 g/mol. The molecule has 0 aliphatic heterocycles. The average Bonchev–Trinajstić information content (AvgIpc) is 2.18. The van der Waals surface area contributed by atoms with E-state index < -0.39 is 0 Å². The molecule has 1 aliphatic carbocycles. The Balaban J connectivity index is 2.24. The largest absolute Gasteiger partial charge is 0.392 e. The minimum atomic E-state index is -0.126. The van der Waals surface area contributed by atoms with E-state index in [0.29, 0.717) is 6.04 Å². The van der Waals surface area contributed by atoms with Gasteiger partial charge in [-0.1, -0.05) is 20.3 Å². The Morgan fingerprint density at radius 2 is 1.87 bits per heavy atom. The van der Waals surface area contributed by atoms with Crippen molar-refractivity contribution in [3.05, 3.63) is 0 Å². The van der Waals surface area contributed by atoms with Gasteiger partial charge in [-0.3, -0.25) is 0 Å². The van der Waals surface area contributed by atoms with Gasteiger partial charge in [0.15, 0.2) is 0 Å². The molecule has 1 unspecified atom stereocenters. The van der Waals surface area contributed by atoms with Crippen molar-refractivity contribution in [2.45, 2.75) is 64.5 Å². The van der Waals surface area contributed by atoms with Gasteiger partial charge in [0.25, 0.3) is 0 Å². The van der Waals surface area contributed by atoms with Crippen LogP contribution in [-0.2, 0) is 0 Å². The van der Waals surface area contributed by atoms with Crippen molar-refractivity contribution < 1.29 is 5.11 Å². The topological polar surface area (TPSA) is 23.5 Å². The molecule has 0 bridgehead atoms. The van der Waals surface area contributed by atoms with Crippen LogP contribution in [0.15, 0.2) is 0 Å². The normalized spacial score (nSPS) is 29.4. The first-order valence-electron chi connectivity index (χ1n) is 6.51. The van der Waals surface area contributed by atoms with E-state index in [1.807, 2.05) is 0 Å². The third-order valence-corrected chi connectivity index (χ3v) is 3.73. The Morgan fingerprint density at radius 3 is 2.40 bits per heavy atom. The lowest BCUT2D eigenvalue weighted by Crippen LogP contribution is -2.39. The van der Waals surface area contributed by atoms with E-state index in [-0.39, 0.29) is 6.10 Å². The Labute approximate surface area is 94.7 Å². The average molecular weight is 213 g/mol. The van der Waals surface area contributed by atoms with E-state index >= 15 is 0 Å². The van der Waals surface area contributed by atoms with Gasteiger partial charge in [-0.15, -0.1) is 0 Å². The van der Waals surface area contributed by atoms with E-state index in [9.17, 15) is 5.11 Å². The summed E-state index contributed by atoms with van der Waals surface area (Å²) in [6.07, 6.45) is 7.24. The molecule has 1 fully saturated rings. The first kappa shape index (κ1) is 13.0. The molecule has 0 saturated heterocycles. The molecule has 1 atom stereocenters. The van der Waals surface area contributed by atoms with Crippen LogP contribution in [0.5, 0.6) is 0 Å². The van der Waals surface area contributed by atoms with Crippen LogP contribution >= 0.6 is 0 Å². The molecule has 2 nitrogen and oxygen atoms in total. The second kappa shape index (κ2) is 6.49. The minimum Gasteiger partial charge on any atom is -0.392 e. The van der Waals surface area contributed by atoms with Crippen molar-refractivity contribution in [1.29, 1.82) is 0 Å². The zero-order valence-electron chi connectivity index (χ0n) is 10.6. The third kappa shape index (κ3) is 4.52. The van der Waals surface area contributed by atoms with E-state index in [1.165, 1.54) is 25.7 Å². The van der Waals surface area contributed by atoms with Gasteiger partial charge in [-0.25, -0.2) is 0 Å². The number of aliphatic hydroxyl groups is 1. The second-order valence-electron chi connectivity index (χ2n) is 5.30. The summed E-state index contributed by atoms with van der Waals surface area (Å²) < 4.78 is 0. The summed E-state index contributed by atoms with van der Waals surface area (Å²) in [5, 5.41) is 9.76. The highest BCUT2D eigenvalue weighted by Gasteiger charge is 2.22. The number of aliphatic hydroxyl groups excluding tert-OH is 1. The molecule has 90 valence electrons. The maximum atomic E-state index is 9.76. The minimum absolute atomic E-state index is 0.126. The van der Waals surface area contributed by atoms with Gasteiger partial charge in [-0.05, 0) is 45.1 Å². The maximum absolute atomic E-state index is 9.76. The van der Waals surface area contributed by atoms with Crippen LogP contribution in [0.2, 0.25) is 0 Å². The van der Waals surface area contributed by atoms with Crippen molar-refractivity contribution in [1.82, 2.24) is 4.90 Å². The molecule has 0 amide bonds. The molecular weight excluding hydrogens is 186 g/mol. The van der Waals surface area contributed by atoms with Crippen molar-refractivity contribution >= 4 is 0 Å². The standard InChI is InChI=1S/C13H27NO/c1-4-5-13(15)10-14(3)12-8-6-11(2)7-9-12/h11-13,15H,4-10H2,1-3H3. The molecular formula is C13H27NO. The van der Waals surface area contributed by atoms with E-state index in [0.717, 1.165) is 25.3 Å². The summed E-state index contributed by atoms with van der Waals surface area (Å²) in [6.45, 7) is 5.33. The second-order valence-corrected chi connectivity index (χ2v) is 5.30. The lowest BCUT2D eigenvalue weighted by atomic mass is 9.86. The van der Waals surface area contributed by atoms with E-state index in [4.69, 9.17) is 0 Å². The fourth-order valence-electron chi connectivity index (χ4n) is 2.59. The van der Waals surface area contributed by atoms with Gasteiger partial charge in [0.1, 0.15) is 0 Å². The Morgan fingerprint density at radius 1 is 1.27 bits per heavy atom. The van der Waals surface area contributed by atoms with Crippen LogP contribution in [0.1, 0.15) is 52.4 Å². The van der Waals surface area contributed by atoms with E-state index in [2.05, 4.69) is 25.8 Å². The number of hydrogen-bond donors (Lipinski definition) is 1. The zero-order chi connectivity index (χ0) is 11.3. The van der Waals surface area contributed by atoms with E-state index in [1.54, 1.807) is 0 Å². The molecule has 0 aromatic carbocycles. The number of rotatable bonds is 5. The van der Waals surface area contributed by atoms with Gasteiger partial charge in [-0.2, -0.15) is 0 Å². The summed E-state index contributed by atoms with van der Waals surface area (Å²) >= 11 is 0. The molecule has 0 aromatic rings.